The Kier molecular flexibility index (Phi) is 7.03. The van der Waals surface area contributed by atoms with E-state index in [9.17, 15) is 14.3 Å². The highest BCUT2D eigenvalue weighted by atomic mass is 127. The summed E-state index contributed by atoms with van der Waals surface area (Å²) in [7, 11) is 0. The minimum absolute atomic E-state index is 0.0808. The van der Waals surface area contributed by atoms with Crippen LogP contribution in [0, 0.1) is 16.3 Å². The van der Waals surface area contributed by atoms with Crippen molar-refractivity contribution in [2.75, 3.05) is 13.2 Å². The SMILES string of the molecule is Cc1c(-c2cc(OCC(O)c3ccc(F)cn3)c3c(I)cnn3c2)nn2c1CN(C(=O)OC(C)(C)C)CC2. The molecule has 0 aliphatic carbocycles. The number of nitrogens with zero attached hydrogens (tertiary/aromatic N) is 6. The molecule has 1 atom stereocenters. The lowest BCUT2D eigenvalue weighted by atomic mass is 10.1. The predicted molar refractivity (Wildman–Crippen MR) is 145 cm³/mol. The number of carbonyl (C=O) groups is 1. The lowest BCUT2D eigenvalue weighted by Crippen LogP contribution is -2.41. The minimum atomic E-state index is -1.04. The van der Waals surface area contributed by atoms with Gasteiger partial charge in [0.05, 0.1) is 46.1 Å². The number of halogens is 2. The Morgan fingerprint density at radius 3 is 2.76 bits per heavy atom. The summed E-state index contributed by atoms with van der Waals surface area (Å²) < 4.78 is 29.4. The smallest absolute Gasteiger partial charge is 0.410 e. The van der Waals surface area contributed by atoms with Crippen LogP contribution in [0.1, 0.15) is 43.8 Å². The van der Waals surface area contributed by atoms with E-state index < -0.39 is 17.5 Å². The fourth-order valence-corrected chi connectivity index (χ4v) is 4.97. The Hall–Kier alpha value is -3.26. The first kappa shape index (κ1) is 26.4. The molecule has 12 heteroatoms. The second-order valence-corrected chi connectivity index (χ2v) is 11.3. The van der Waals surface area contributed by atoms with Crippen LogP contribution in [0.25, 0.3) is 16.8 Å². The summed E-state index contributed by atoms with van der Waals surface area (Å²) in [6, 6.07) is 4.55. The summed E-state index contributed by atoms with van der Waals surface area (Å²) in [5, 5.41) is 19.8. The van der Waals surface area contributed by atoms with Crippen LogP contribution >= 0.6 is 22.6 Å². The van der Waals surface area contributed by atoms with Gasteiger partial charge in [0.1, 0.15) is 35.4 Å². The second kappa shape index (κ2) is 10.1. The number of aromatic nitrogens is 5. The molecule has 1 unspecified atom stereocenters. The predicted octanol–water partition coefficient (Wildman–Crippen LogP) is 4.51. The zero-order valence-corrected chi connectivity index (χ0v) is 23.6. The van der Waals surface area contributed by atoms with E-state index in [0.29, 0.717) is 31.1 Å². The number of hydrogen-bond donors (Lipinski definition) is 1. The van der Waals surface area contributed by atoms with Gasteiger partial charge < -0.3 is 19.5 Å². The van der Waals surface area contributed by atoms with E-state index >= 15 is 0 Å². The van der Waals surface area contributed by atoms with Crippen LogP contribution in [0.4, 0.5) is 9.18 Å². The van der Waals surface area contributed by atoms with E-state index in [1.54, 1.807) is 15.6 Å². The molecule has 5 rings (SSSR count). The molecule has 4 aromatic heterocycles. The molecule has 1 N–H and O–H groups in total. The molecule has 10 nitrogen and oxygen atoms in total. The van der Waals surface area contributed by atoms with E-state index in [0.717, 1.165) is 37.8 Å². The zero-order valence-electron chi connectivity index (χ0n) is 21.5. The number of aliphatic hydroxyl groups excluding tert-OH is 1. The molecule has 0 aromatic carbocycles. The maximum Gasteiger partial charge on any atom is 0.410 e. The molecule has 0 saturated heterocycles. The van der Waals surface area contributed by atoms with E-state index in [4.69, 9.17) is 14.6 Å². The van der Waals surface area contributed by atoms with Crippen molar-refractivity contribution in [1.29, 1.82) is 0 Å². The third-order valence-corrected chi connectivity index (χ3v) is 6.98. The van der Waals surface area contributed by atoms with Crippen LogP contribution in [-0.2, 0) is 17.8 Å². The van der Waals surface area contributed by atoms with Crippen molar-refractivity contribution in [2.45, 2.75) is 52.5 Å². The first-order chi connectivity index (χ1) is 18.0. The average Bonchev–Trinajstić information content (AvgIpc) is 3.41. The van der Waals surface area contributed by atoms with Crippen molar-refractivity contribution in [1.82, 2.24) is 29.3 Å². The van der Waals surface area contributed by atoms with Crippen molar-refractivity contribution in [3.8, 4) is 17.0 Å². The van der Waals surface area contributed by atoms with Gasteiger partial charge in [-0.25, -0.2) is 13.7 Å². The van der Waals surface area contributed by atoms with Gasteiger partial charge in [-0.3, -0.25) is 9.67 Å². The Balaban J connectivity index is 1.43. The van der Waals surface area contributed by atoms with Crippen molar-refractivity contribution in [2.24, 2.45) is 0 Å². The number of pyridine rings is 2. The largest absolute Gasteiger partial charge is 0.488 e. The summed E-state index contributed by atoms with van der Waals surface area (Å²) in [5.74, 6) is 0.0451. The molecular weight excluding hydrogens is 606 g/mol. The normalized spacial score (nSPS) is 14.4. The Bertz CT molecular complexity index is 1490. The average molecular weight is 634 g/mol. The number of fused-ring (bicyclic) bond motifs is 2. The molecule has 0 spiro atoms. The number of aliphatic hydroxyl groups is 1. The molecule has 1 aliphatic rings. The van der Waals surface area contributed by atoms with E-state index in [1.807, 2.05) is 44.6 Å². The highest BCUT2D eigenvalue weighted by Gasteiger charge is 2.29. The molecule has 38 heavy (non-hydrogen) atoms. The molecule has 0 radical (unpaired) electrons. The molecule has 1 aliphatic heterocycles. The maximum atomic E-state index is 13.2. The van der Waals surface area contributed by atoms with Gasteiger partial charge >= 0.3 is 6.09 Å². The van der Waals surface area contributed by atoms with Crippen molar-refractivity contribution < 1.29 is 23.8 Å². The summed E-state index contributed by atoms with van der Waals surface area (Å²) in [5.41, 5.74) is 3.92. The summed E-state index contributed by atoms with van der Waals surface area (Å²) in [4.78, 5) is 18.3. The third-order valence-electron chi connectivity index (χ3n) is 6.19. The Morgan fingerprint density at radius 2 is 2.05 bits per heavy atom. The maximum absolute atomic E-state index is 13.2. The van der Waals surface area contributed by atoms with Crippen LogP contribution in [-0.4, -0.2) is 59.2 Å². The van der Waals surface area contributed by atoms with Crippen LogP contribution in [0.3, 0.4) is 0 Å². The molecule has 0 saturated carbocycles. The lowest BCUT2D eigenvalue weighted by molar-refractivity contribution is 0.0194. The third kappa shape index (κ3) is 5.32. The van der Waals surface area contributed by atoms with Gasteiger partial charge in [0, 0.05) is 23.9 Å². The number of ether oxygens (including phenoxy) is 2. The topological polar surface area (TPSA) is 107 Å². The van der Waals surface area contributed by atoms with Crippen LogP contribution in [0.2, 0.25) is 0 Å². The van der Waals surface area contributed by atoms with Crippen LogP contribution < -0.4 is 4.74 Å². The van der Waals surface area contributed by atoms with Crippen molar-refractivity contribution in [3.05, 3.63) is 63.1 Å². The van der Waals surface area contributed by atoms with Crippen LogP contribution in [0.5, 0.6) is 5.75 Å². The highest BCUT2D eigenvalue weighted by Crippen LogP contribution is 2.34. The quantitative estimate of drug-likeness (QED) is 0.322. The Morgan fingerprint density at radius 1 is 1.26 bits per heavy atom. The first-order valence-corrected chi connectivity index (χ1v) is 13.2. The minimum Gasteiger partial charge on any atom is -0.488 e. The number of amides is 1. The molecule has 200 valence electrons. The fraction of sp³-hybridized carbons (Fsp3) is 0.385. The molecule has 5 heterocycles. The summed E-state index contributed by atoms with van der Waals surface area (Å²) in [6.07, 6.45) is 3.29. The summed E-state index contributed by atoms with van der Waals surface area (Å²) in [6.45, 7) is 8.91. The van der Waals surface area contributed by atoms with Crippen LogP contribution in [0.15, 0.2) is 36.8 Å². The molecule has 0 fully saturated rings. The standard InChI is InChI=1S/C26H28FIN6O4/c1-15-20-13-32(25(36)38-26(2,3)4)7-8-33(20)31-23(15)16-9-22(24-18(28)11-30-34(24)12-16)37-14-21(35)19-6-5-17(27)10-29-19/h5-6,9-12,21,35H,7-8,13-14H2,1-4H3. The monoisotopic (exact) mass is 634 g/mol. The van der Waals surface area contributed by atoms with Gasteiger partial charge in [-0.1, -0.05) is 0 Å². The Labute approximate surface area is 232 Å². The van der Waals surface area contributed by atoms with E-state index in [2.05, 4.69) is 32.7 Å². The van der Waals surface area contributed by atoms with Gasteiger partial charge in [-0.2, -0.15) is 10.2 Å². The lowest BCUT2D eigenvalue weighted by Gasteiger charge is -2.30. The first-order valence-electron chi connectivity index (χ1n) is 12.1. The number of rotatable bonds is 5. The van der Waals surface area contributed by atoms with Crippen molar-refractivity contribution in [3.63, 3.8) is 0 Å². The van der Waals surface area contributed by atoms with Gasteiger partial charge in [-0.15, -0.1) is 0 Å². The molecule has 1 amide bonds. The number of carbonyl (C=O) groups excluding carboxylic acids is 1. The molecule has 4 aromatic rings. The highest BCUT2D eigenvalue weighted by molar-refractivity contribution is 14.1. The molecule has 0 bridgehead atoms. The van der Waals surface area contributed by atoms with E-state index in [-0.39, 0.29) is 12.7 Å². The van der Waals surface area contributed by atoms with Gasteiger partial charge in [0.25, 0.3) is 0 Å². The number of hydrogen-bond acceptors (Lipinski definition) is 7. The van der Waals surface area contributed by atoms with Gasteiger partial charge in [0.2, 0.25) is 0 Å². The van der Waals surface area contributed by atoms with Crippen molar-refractivity contribution >= 4 is 34.2 Å². The zero-order chi connectivity index (χ0) is 27.2. The van der Waals surface area contributed by atoms with E-state index in [1.165, 1.54) is 12.1 Å². The summed E-state index contributed by atoms with van der Waals surface area (Å²) >= 11 is 2.18. The molecular formula is C26H28FIN6O4. The second-order valence-electron chi connectivity index (χ2n) is 10.2. The van der Waals surface area contributed by atoms with Gasteiger partial charge in [0.15, 0.2) is 0 Å². The fourth-order valence-electron chi connectivity index (χ4n) is 4.33. The van der Waals surface area contributed by atoms with Gasteiger partial charge in [-0.05, 0) is 68.5 Å².